The molecule has 194 valence electrons. The minimum Gasteiger partial charge on any atom is -0.497 e. The van der Waals surface area contributed by atoms with Crippen LogP contribution in [0.15, 0.2) is 47.6 Å². The van der Waals surface area contributed by atoms with Crippen LogP contribution < -0.4 is 4.74 Å². The molecule has 4 rings (SSSR count). The van der Waals surface area contributed by atoms with Gasteiger partial charge in [0.1, 0.15) is 11.9 Å². The molecule has 2 saturated carbocycles. The molecule has 3 aliphatic rings. The van der Waals surface area contributed by atoms with Crippen LogP contribution in [0, 0.1) is 29.1 Å². The van der Waals surface area contributed by atoms with Crippen LogP contribution >= 0.6 is 0 Å². The maximum atomic E-state index is 14.1. The second-order valence-corrected chi connectivity index (χ2v) is 11.5. The van der Waals surface area contributed by atoms with Crippen molar-refractivity contribution in [2.24, 2.45) is 29.1 Å². The Kier molecular flexibility index (Phi) is 6.93. The Bertz CT molecular complexity index is 1110. The van der Waals surface area contributed by atoms with Crippen LogP contribution in [0.2, 0.25) is 0 Å². The van der Waals surface area contributed by atoms with E-state index in [2.05, 4.69) is 26.8 Å². The zero-order valence-corrected chi connectivity index (χ0v) is 22.4. The number of carbonyl (C=O) groups excluding carboxylic acids is 3. The molecular formula is C30H38O6. The van der Waals surface area contributed by atoms with Gasteiger partial charge in [-0.05, 0) is 79.7 Å². The summed E-state index contributed by atoms with van der Waals surface area (Å²) in [6.07, 6.45) is 5.69. The smallest absolute Gasteiger partial charge is 0.338 e. The van der Waals surface area contributed by atoms with E-state index in [0.717, 1.165) is 18.4 Å². The summed E-state index contributed by atoms with van der Waals surface area (Å²) >= 11 is 0. The van der Waals surface area contributed by atoms with Gasteiger partial charge in [-0.15, -0.1) is 0 Å². The largest absolute Gasteiger partial charge is 0.497 e. The Morgan fingerprint density at radius 1 is 1.03 bits per heavy atom. The highest BCUT2D eigenvalue weighted by Crippen LogP contribution is 2.62. The number of fused-ring (bicyclic) bond motifs is 2. The van der Waals surface area contributed by atoms with Crippen LogP contribution in [0.5, 0.6) is 5.75 Å². The molecular weight excluding hydrogens is 456 g/mol. The van der Waals surface area contributed by atoms with Gasteiger partial charge in [0.05, 0.1) is 18.6 Å². The van der Waals surface area contributed by atoms with Gasteiger partial charge in [0.2, 0.25) is 5.78 Å². The van der Waals surface area contributed by atoms with E-state index in [1.165, 1.54) is 6.92 Å². The molecule has 6 heteroatoms. The summed E-state index contributed by atoms with van der Waals surface area (Å²) in [5, 5.41) is 0. The van der Waals surface area contributed by atoms with Crippen LogP contribution in [-0.2, 0) is 19.1 Å². The highest BCUT2D eigenvalue weighted by molar-refractivity contribution is 6.03. The number of ether oxygens (including phenoxy) is 3. The van der Waals surface area contributed by atoms with Gasteiger partial charge in [0, 0.05) is 13.3 Å². The fourth-order valence-corrected chi connectivity index (χ4v) is 6.46. The molecule has 0 aromatic heterocycles. The monoisotopic (exact) mass is 494 g/mol. The lowest BCUT2D eigenvalue weighted by Crippen LogP contribution is -2.48. The van der Waals surface area contributed by atoms with Gasteiger partial charge in [-0.2, -0.15) is 0 Å². The Morgan fingerprint density at radius 2 is 1.69 bits per heavy atom. The molecule has 6 nitrogen and oxygen atoms in total. The summed E-state index contributed by atoms with van der Waals surface area (Å²) < 4.78 is 17.2. The number of rotatable bonds is 4. The Balaban J connectivity index is 1.74. The summed E-state index contributed by atoms with van der Waals surface area (Å²) in [4.78, 5) is 39.6. The number of benzene rings is 1. The third-order valence-corrected chi connectivity index (χ3v) is 8.60. The fraction of sp³-hybridized carbons (Fsp3) is 0.567. The Hall–Kier alpha value is -2.89. The molecule has 6 atom stereocenters. The van der Waals surface area contributed by atoms with Crippen LogP contribution in [0.1, 0.15) is 71.2 Å². The maximum Gasteiger partial charge on any atom is 0.338 e. The third-order valence-electron chi connectivity index (χ3n) is 8.60. The number of methoxy groups -OCH3 is 1. The van der Waals surface area contributed by atoms with Gasteiger partial charge in [0.15, 0.2) is 5.60 Å². The first-order valence-electron chi connectivity index (χ1n) is 12.9. The van der Waals surface area contributed by atoms with Crippen LogP contribution in [0.25, 0.3) is 0 Å². The molecule has 1 aromatic carbocycles. The maximum absolute atomic E-state index is 14.1. The molecule has 0 amide bonds. The van der Waals surface area contributed by atoms with Crippen molar-refractivity contribution >= 4 is 17.7 Å². The van der Waals surface area contributed by atoms with E-state index in [9.17, 15) is 14.4 Å². The number of ketones is 1. The van der Waals surface area contributed by atoms with E-state index < -0.39 is 29.6 Å². The van der Waals surface area contributed by atoms with Gasteiger partial charge >= 0.3 is 11.9 Å². The quantitative estimate of drug-likeness (QED) is 0.394. The summed E-state index contributed by atoms with van der Waals surface area (Å²) in [5.41, 5.74) is 0.870. The Morgan fingerprint density at radius 3 is 2.31 bits per heavy atom. The molecule has 2 fully saturated rings. The predicted molar refractivity (Wildman–Crippen MR) is 136 cm³/mol. The van der Waals surface area contributed by atoms with E-state index >= 15 is 0 Å². The Labute approximate surface area is 214 Å². The SMILES string of the molecule is COc1ccc(C(=O)O[C@H]2[C@@H](C)C[C@]3(OC(C)=O)C(=O)/C(C)=C/[C@@H]4[C@H](CC/C(C)=C\[C@@H]23)C4(C)C)cc1. The summed E-state index contributed by atoms with van der Waals surface area (Å²) in [6, 6.07) is 6.73. The molecule has 0 saturated heterocycles. The van der Waals surface area contributed by atoms with Crippen LogP contribution in [0.4, 0.5) is 0 Å². The number of allylic oxidation sites excluding steroid dienone is 2. The first-order valence-corrected chi connectivity index (χ1v) is 12.9. The standard InChI is InChI=1S/C30H38O6/c1-17-8-13-23-24(29(23,5)6)15-18(2)27(32)30(36-20(4)31)16-19(3)26(25(30)14-17)35-28(33)21-9-11-22(34-7)12-10-21/h9-12,14-15,19,23-26H,8,13,16H2,1-7H3/b17-14-,18-15+/t19-,23-,24+,25-,26-,30+/m0/s1. The van der Waals surface area contributed by atoms with Gasteiger partial charge in [-0.1, -0.05) is 38.5 Å². The third kappa shape index (κ3) is 4.62. The normalized spacial score (nSPS) is 36.1. The minimum atomic E-state index is -1.41. The highest BCUT2D eigenvalue weighted by atomic mass is 16.6. The number of esters is 2. The molecule has 0 bridgehead atoms. The van der Waals surface area contributed by atoms with Gasteiger partial charge in [0.25, 0.3) is 0 Å². The molecule has 0 spiro atoms. The van der Waals surface area contributed by atoms with E-state index in [0.29, 0.717) is 35.1 Å². The average molecular weight is 495 g/mol. The molecule has 36 heavy (non-hydrogen) atoms. The summed E-state index contributed by atoms with van der Waals surface area (Å²) in [6.45, 7) is 11.7. The van der Waals surface area contributed by atoms with Crippen molar-refractivity contribution in [1.29, 1.82) is 0 Å². The molecule has 0 N–H and O–H groups in total. The van der Waals surface area contributed by atoms with Crippen molar-refractivity contribution in [1.82, 2.24) is 0 Å². The molecule has 0 unspecified atom stereocenters. The first-order chi connectivity index (χ1) is 16.9. The lowest BCUT2D eigenvalue weighted by molar-refractivity contribution is -0.168. The average Bonchev–Trinajstić information content (AvgIpc) is 3.24. The molecule has 1 aromatic rings. The lowest BCUT2D eigenvalue weighted by atomic mass is 9.81. The lowest BCUT2D eigenvalue weighted by Gasteiger charge is -2.34. The molecule has 0 radical (unpaired) electrons. The fourth-order valence-electron chi connectivity index (χ4n) is 6.46. The van der Waals surface area contributed by atoms with Gasteiger partial charge in [-0.3, -0.25) is 9.59 Å². The highest BCUT2D eigenvalue weighted by Gasteiger charge is 2.61. The van der Waals surface area contributed by atoms with E-state index in [1.807, 2.05) is 19.9 Å². The topological polar surface area (TPSA) is 78.9 Å². The van der Waals surface area contributed by atoms with Crippen molar-refractivity contribution in [3.63, 3.8) is 0 Å². The van der Waals surface area contributed by atoms with Gasteiger partial charge < -0.3 is 14.2 Å². The first kappa shape index (κ1) is 26.2. The van der Waals surface area contributed by atoms with Crippen LogP contribution in [0.3, 0.4) is 0 Å². The number of hydrogen-bond donors (Lipinski definition) is 0. The van der Waals surface area contributed by atoms with Crippen LogP contribution in [-0.4, -0.2) is 36.5 Å². The number of carbonyl (C=O) groups is 3. The van der Waals surface area contributed by atoms with Crippen molar-refractivity contribution < 1.29 is 28.6 Å². The second-order valence-electron chi connectivity index (χ2n) is 11.5. The van der Waals surface area contributed by atoms with E-state index in [4.69, 9.17) is 14.2 Å². The zero-order valence-electron chi connectivity index (χ0n) is 22.4. The van der Waals surface area contributed by atoms with Crippen molar-refractivity contribution in [2.75, 3.05) is 7.11 Å². The van der Waals surface area contributed by atoms with Crippen molar-refractivity contribution in [2.45, 2.75) is 72.5 Å². The zero-order chi connectivity index (χ0) is 26.4. The number of Topliss-reactive ketones (excluding diaryl/α,β-unsaturated/α-hetero) is 1. The minimum absolute atomic E-state index is 0.147. The molecule has 3 aliphatic carbocycles. The van der Waals surface area contributed by atoms with Crippen molar-refractivity contribution in [3.05, 3.63) is 53.1 Å². The molecule has 0 heterocycles. The summed E-state index contributed by atoms with van der Waals surface area (Å²) in [7, 11) is 1.57. The summed E-state index contributed by atoms with van der Waals surface area (Å²) in [5.74, 6) is -0.466. The predicted octanol–water partition coefficient (Wildman–Crippen LogP) is 5.71. The number of hydrogen-bond acceptors (Lipinski definition) is 6. The van der Waals surface area contributed by atoms with E-state index in [1.54, 1.807) is 31.4 Å². The van der Waals surface area contributed by atoms with E-state index in [-0.39, 0.29) is 17.1 Å². The second kappa shape index (κ2) is 9.53. The van der Waals surface area contributed by atoms with Crippen molar-refractivity contribution in [3.8, 4) is 5.75 Å². The molecule has 0 aliphatic heterocycles. The van der Waals surface area contributed by atoms with Gasteiger partial charge in [-0.25, -0.2) is 4.79 Å².